The van der Waals surface area contributed by atoms with Crippen molar-refractivity contribution in [3.8, 4) is 11.3 Å². The SMILES string of the molecule is Cc1nc(-c2ccc(C(=O)N(C)Cc3ccccc3)cc2)cs1. The van der Waals surface area contributed by atoms with Crippen LogP contribution in [0.1, 0.15) is 20.9 Å². The van der Waals surface area contributed by atoms with E-state index in [4.69, 9.17) is 0 Å². The Kier molecular flexibility index (Phi) is 4.53. The molecule has 0 unspecified atom stereocenters. The minimum absolute atomic E-state index is 0.0230. The minimum Gasteiger partial charge on any atom is -0.337 e. The second-order valence-corrected chi connectivity index (χ2v) is 6.54. The van der Waals surface area contributed by atoms with Gasteiger partial charge < -0.3 is 4.90 Å². The van der Waals surface area contributed by atoms with E-state index in [-0.39, 0.29) is 5.91 Å². The highest BCUT2D eigenvalue weighted by molar-refractivity contribution is 7.09. The van der Waals surface area contributed by atoms with E-state index in [9.17, 15) is 4.79 Å². The van der Waals surface area contributed by atoms with E-state index in [1.54, 1.807) is 16.2 Å². The molecule has 1 amide bonds. The number of carbonyl (C=O) groups is 1. The summed E-state index contributed by atoms with van der Waals surface area (Å²) in [6.07, 6.45) is 0. The Morgan fingerprint density at radius 1 is 1.09 bits per heavy atom. The average Bonchev–Trinajstić information content (AvgIpc) is 3.02. The van der Waals surface area contributed by atoms with E-state index in [0.29, 0.717) is 12.1 Å². The van der Waals surface area contributed by atoms with Gasteiger partial charge in [-0.1, -0.05) is 42.5 Å². The fourth-order valence-corrected chi connectivity index (χ4v) is 3.05. The Bertz CT molecular complexity index is 794. The molecule has 3 aromatic rings. The molecule has 0 spiro atoms. The number of hydrogen-bond acceptors (Lipinski definition) is 3. The van der Waals surface area contributed by atoms with Crippen molar-refractivity contribution in [2.75, 3.05) is 7.05 Å². The molecule has 23 heavy (non-hydrogen) atoms. The number of aromatic nitrogens is 1. The fourth-order valence-electron chi connectivity index (χ4n) is 2.43. The summed E-state index contributed by atoms with van der Waals surface area (Å²) >= 11 is 1.63. The van der Waals surface area contributed by atoms with Crippen molar-refractivity contribution in [2.24, 2.45) is 0 Å². The van der Waals surface area contributed by atoms with Crippen LogP contribution < -0.4 is 0 Å². The first-order valence-corrected chi connectivity index (χ1v) is 8.33. The molecule has 116 valence electrons. The summed E-state index contributed by atoms with van der Waals surface area (Å²) < 4.78 is 0. The lowest BCUT2D eigenvalue weighted by Gasteiger charge is -2.17. The number of amides is 1. The molecule has 0 N–H and O–H groups in total. The molecule has 3 rings (SSSR count). The number of carbonyl (C=O) groups excluding carboxylic acids is 1. The first kappa shape index (κ1) is 15.4. The molecule has 1 heterocycles. The molecule has 4 heteroatoms. The van der Waals surface area contributed by atoms with Crippen LogP contribution in [-0.2, 0) is 6.54 Å². The second kappa shape index (κ2) is 6.75. The molecule has 1 aromatic heterocycles. The molecule has 0 bridgehead atoms. The van der Waals surface area contributed by atoms with Crippen LogP contribution in [0.15, 0.2) is 60.0 Å². The molecule has 0 fully saturated rings. The third-order valence-electron chi connectivity index (χ3n) is 3.66. The molecule has 2 aromatic carbocycles. The van der Waals surface area contributed by atoms with E-state index in [1.165, 1.54) is 0 Å². The van der Waals surface area contributed by atoms with Crippen LogP contribution in [0.25, 0.3) is 11.3 Å². The highest BCUT2D eigenvalue weighted by Crippen LogP contribution is 2.22. The van der Waals surface area contributed by atoms with Crippen LogP contribution in [0.2, 0.25) is 0 Å². The number of benzene rings is 2. The summed E-state index contributed by atoms with van der Waals surface area (Å²) in [5.41, 5.74) is 3.82. The molecule has 0 atom stereocenters. The Hall–Kier alpha value is -2.46. The number of hydrogen-bond donors (Lipinski definition) is 0. The van der Waals surface area contributed by atoms with Gasteiger partial charge in [0.1, 0.15) is 0 Å². The van der Waals surface area contributed by atoms with Gasteiger partial charge in [0, 0.05) is 30.1 Å². The van der Waals surface area contributed by atoms with Crippen molar-refractivity contribution < 1.29 is 4.79 Å². The predicted octanol–water partition coefficient (Wildman–Crippen LogP) is 4.39. The predicted molar refractivity (Wildman–Crippen MR) is 94.5 cm³/mol. The van der Waals surface area contributed by atoms with Crippen LogP contribution in [0.5, 0.6) is 0 Å². The molecule has 0 aliphatic heterocycles. The van der Waals surface area contributed by atoms with E-state index in [1.807, 2.05) is 73.9 Å². The van der Waals surface area contributed by atoms with Crippen molar-refractivity contribution in [1.29, 1.82) is 0 Å². The molecular formula is C19H18N2OS. The standard InChI is InChI=1S/C19H18N2OS/c1-14-20-18(13-23-14)16-8-10-17(11-9-16)19(22)21(2)12-15-6-4-3-5-7-15/h3-11,13H,12H2,1-2H3. The normalized spacial score (nSPS) is 10.5. The Labute approximate surface area is 140 Å². The van der Waals surface area contributed by atoms with E-state index in [2.05, 4.69) is 4.98 Å². The lowest BCUT2D eigenvalue weighted by molar-refractivity contribution is 0.0785. The second-order valence-electron chi connectivity index (χ2n) is 5.48. The van der Waals surface area contributed by atoms with Crippen molar-refractivity contribution in [3.05, 3.63) is 76.1 Å². The Morgan fingerprint density at radius 3 is 2.39 bits per heavy atom. The van der Waals surface area contributed by atoms with Gasteiger partial charge >= 0.3 is 0 Å². The molecule has 0 radical (unpaired) electrons. The molecule has 0 aliphatic carbocycles. The monoisotopic (exact) mass is 322 g/mol. The largest absolute Gasteiger partial charge is 0.337 e. The van der Waals surface area contributed by atoms with Crippen LogP contribution in [0.4, 0.5) is 0 Å². The zero-order valence-corrected chi connectivity index (χ0v) is 14.0. The van der Waals surface area contributed by atoms with Gasteiger partial charge in [-0.3, -0.25) is 4.79 Å². The smallest absolute Gasteiger partial charge is 0.253 e. The first-order valence-electron chi connectivity index (χ1n) is 7.45. The number of rotatable bonds is 4. The highest BCUT2D eigenvalue weighted by Gasteiger charge is 2.12. The summed E-state index contributed by atoms with van der Waals surface area (Å²) in [5, 5.41) is 3.08. The van der Waals surface area contributed by atoms with Crippen molar-refractivity contribution in [2.45, 2.75) is 13.5 Å². The maximum absolute atomic E-state index is 12.5. The van der Waals surface area contributed by atoms with Crippen LogP contribution in [-0.4, -0.2) is 22.8 Å². The molecule has 0 saturated heterocycles. The van der Waals surface area contributed by atoms with E-state index >= 15 is 0 Å². The molecule has 0 saturated carbocycles. The summed E-state index contributed by atoms with van der Waals surface area (Å²) in [7, 11) is 1.83. The van der Waals surface area contributed by atoms with Gasteiger partial charge in [0.15, 0.2) is 0 Å². The quantitative estimate of drug-likeness (QED) is 0.713. The zero-order chi connectivity index (χ0) is 16.2. The van der Waals surface area contributed by atoms with E-state index < -0.39 is 0 Å². The molecule has 3 nitrogen and oxygen atoms in total. The van der Waals surface area contributed by atoms with Crippen LogP contribution in [0, 0.1) is 6.92 Å². The minimum atomic E-state index is 0.0230. The number of nitrogens with zero attached hydrogens (tertiary/aromatic N) is 2. The number of thiazole rings is 1. The lowest BCUT2D eigenvalue weighted by atomic mass is 10.1. The van der Waals surface area contributed by atoms with Crippen molar-refractivity contribution in [3.63, 3.8) is 0 Å². The summed E-state index contributed by atoms with van der Waals surface area (Å²) in [6.45, 7) is 2.59. The van der Waals surface area contributed by atoms with Gasteiger partial charge in [-0.05, 0) is 24.6 Å². The summed E-state index contributed by atoms with van der Waals surface area (Å²) in [4.78, 5) is 18.7. The van der Waals surface area contributed by atoms with Crippen LogP contribution in [0.3, 0.4) is 0 Å². The van der Waals surface area contributed by atoms with Gasteiger partial charge in [0.2, 0.25) is 0 Å². The highest BCUT2D eigenvalue weighted by atomic mass is 32.1. The van der Waals surface area contributed by atoms with Crippen LogP contribution >= 0.6 is 11.3 Å². The third-order valence-corrected chi connectivity index (χ3v) is 4.43. The molecule has 0 aliphatic rings. The van der Waals surface area contributed by atoms with E-state index in [0.717, 1.165) is 21.8 Å². The maximum Gasteiger partial charge on any atom is 0.253 e. The molecular weight excluding hydrogens is 304 g/mol. The third kappa shape index (κ3) is 3.66. The average molecular weight is 322 g/mol. The summed E-state index contributed by atoms with van der Waals surface area (Å²) in [6, 6.07) is 17.6. The van der Waals surface area contributed by atoms with Gasteiger partial charge in [-0.25, -0.2) is 4.98 Å². The lowest BCUT2D eigenvalue weighted by Crippen LogP contribution is -2.26. The van der Waals surface area contributed by atoms with Crippen molar-refractivity contribution in [1.82, 2.24) is 9.88 Å². The first-order chi connectivity index (χ1) is 11.1. The van der Waals surface area contributed by atoms with Gasteiger partial charge in [-0.2, -0.15) is 0 Å². The van der Waals surface area contributed by atoms with Gasteiger partial charge in [0.05, 0.1) is 10.7 Å². The van der Waals surface area contributed by atoms with Gasteiger partial charge in [-0.15, -0.1) is 11.3 Å². The Morgan fingerprint density at radius 2 is 1.78 bits per heavy atom. The Balaban J connectivity index is 1.72. The maximum atomic E-state index is 12.5. The zero-order valence-electron chi connectivity index (χ0n) is 13.2. The van der Waals surface area contributed by atoms with Crippen molar-refractivity contribution >= 4 is 17.2 Å². The number of aryl methyl sites for hydroxylation is 1. The topological polar surface area (TPSA) is 33.2 Å². The summed E-state index contributed by atoms with van der Waals surface area (Å²) in [5.74, 6) is 0.0230. The fraction of sp³-hybridized carbons (Fsp3) is 0.158. The van der Waals surface area contributed by atoms with Gasteiger partial charge in [0.25, 0.3) is 5.91 Å².